The van der Waals surface area contributed by atoms with Crippen molar-refractivity contribution in [2.24, 2.45) is 0 Å². The Hall–Kier alpha value is -2.14. The van der Waals surface area contributed by atoms with Crippen molar-refractivity contribution in [3.63, 3.8) is 0 Å². The van der Waals surface area contributed by atoms with E-state index in [-0.39, 0.29) is 6.61 Å². The lowest BCUT2D eigenvalue weighted by Gasteiger charge is -2.31. The first-order valence-corrected chi connectivity index (χ1v) is 8.95. The van der Waals surface area contributed by atoms with Gasteiger partial charge in [0.1, 0.15) is 10.4 Å². The lowest BCUT2D eigenvalue weighted by Crippen LogP contribution is -2.36. The largest absolute Gasteiger partial charge is 0.449 e. The summed E-state index contributed by atoms with van der Waals surface area (Å²) in [5.41, 5.74) is 8.77. The third-order valence-electron chi connectivity index (χ3n) is 4.73. The Morgan fingerprint density at radius 2 is 2.24 bits per heavy atom. The number of anilines is 1. The summed E-state index contributed by atoms with van der Waals surface area (Å²) in [7, 11) is 0. The van der Waals surface area contributed by atoms with Gasteiger partial charge in [0.15, 0.2) is 12.4 Å². The third kappa shape index (κ3) is 2.58. The second kappa shape index (κ2) is 5.99. The van der Waals surface area contributed by atoms with Gasteiger partial charge in [-0.1, -0.05) is 5.92 Å². The molecule has 130 valence electrons. The molecule has 1 aliphatic carbocycles. The molecule has 4 rings (SSSR count). The number of aryl methyl sites for hydroxylation is 2. The standard InChI is InChI=1S/C18H18N2O4S/c1-3-6-22-17(21)13-10(2)20-16-14(15(13)19)11-4-5-18(9-12(11)25-16)23-7-8-24-18/h1H,4-9H2,2H3,(H2,19,20). The van der Waals surface area contributed by atoms with Gasteiger partial charge in [0.05, 0.1) is 24.6 Å². The Kier molecular flexibility index (Phi) is 3.91. The van der Waals surface area contributed by atoms with Crippen LogP contribution in [0.4, 0.5) is 5.69 Å². The van der Waals surface area contributed by atoms with Crippen molar-refractivity contribution in [1.82, 2.24) is 4.98 Å². The highest BCUT2D eigenvalue weighted by molar-refractivity contribution is 7.19. The van der Waals surface area contributed by atoms with Gasteiger partial charge in [0, 0.05) is 23.1 Å². The smallest absolute Gasteiger partial charge is 0.343 e. The minimum Gasteiger partial charge on any atom is -0.449 e. The van der Waals surface area contributed by atoms with Crippen molar-refractivity contribution in [1.29, 1.82) is 0 Å². The SMILES string of the molecule is C#CCOC(=O)c1c(C)nc2sc3c(c2c1N)CCC1(C3)OCCO1. The van der Waals surface area contributed by atoms with Crippen molar-refractivity contribution < 1.29 is 19.0 Å². The van der Waals surface area contributed by atoms with Gasteiger partial charge in [-0.15, -0.1) is 17.8 Å². The van der Waals surface area contributed by atoms with Crippen molar-refractivity contribution in [2.75, 3.05) is 25.6 Å². The molecule has 6 nitrogen and oxygen atoms in total. The van der Waals surface area contributed by atoms with Gasteiger partial charge in [0.25, 0.3) is 0 Å². The number of carbonyl (C=O) groups is 1. The number of terminal acetylenes is 1. The Bertz CT molecular complexity index is 906. The van der Waals surface area contributed by atoms with E-state index in [1.165, 1.54) is 0 Å². The number of nitrogen functional groups attached to an aromatic ring is 1. The molecule has 0 unspecified atom stereocenters. The average Bonchev–Trinajstić information content (AvgIpc) is 3.17. The van der Waals surface area contributed by atoms with E-state index < -0.39 is 11.8 Å². The summed E-state index contributed by atoms with van der Waals surface area (Å²) in [6.07, 6.45) is 7.40. The van der Waals surface area contributed by atoms with Crippen molar-refractivity contribution in [3.8, 4) is 12.3 Å². The first-order valence-electron chi connectivity index (χ1n) is 8.13. The van der Waals surface area contributed by atoms with Gasteiger partial charge in [-0.3, -0.25) is 0 Å². The van der Waals surface area contributed by atoms with E-state index in [1.807, 2.05) is 0 Å². The molecule has 3 heterocycles. The van der Waals surface area contributed by atoms with Crippen LogP contribution in [0.15, 0.2) is 0 Å². The predicted molar refractivity (Wildman–Crippen MR) is 94.5 cm³/mol. The van der Waals surface area contributed by atoms with E-state index in [2.05, 4.69) is 10.9 Å². The number of ether oxygens (including phenoxy) is 3. The number of fused-ring (bicyclic) bond motifs is 3. The van der Waals surface area contributed by atoms with Crippen LogP contribution in [0.25, 0.3) is 10.2 Å². The van der Waals surface area contributed by atoms with Crippen molar-refractivity contribution >= 4 is 33.2 Å². The predicted octanol–water partition coefficient (Wildman–Crippen LogP) is 2.21. The van der Waals surface area contributed by atoms with Gasteiger partial charge < -0.3 is 19.9 Å². The zero-order chi connectivity index (χ0) is 17.6. The van der Waals surface area contributed by atoms with Crippen LogP contribution in [0, 0.1) is 19.3 Å². The molecule has 2 N–H and O–H groups in total. The maximum Gasteiger partial charge on any atom is 0.343 e. The molecule has 2 aromatic rings. The summed E-state index contributed by atoms with van der Waals surface area (Å²) >= 11 is 1.59. The van der Waals surface area contributed by atoms with Crippen LogP contribution < -0.4 is 5.73 Å². The number of hydrogen-bond donors (Lipinski definition) is 1. The zero-order valence-electron chi connectivity index (χ0n) is 13.9. The van der Waals surface area contributed by atoms with Gasteiger partial charge >= 0.3 is 5.97 Å². The van der Waals surface area contributed by atoms with E-state index in [0.717, 1.165) is 33.5 Å². The maximum absolute atomic E-state index is 12.3. The molecule has 0 aromatic carbocycles. The summed E-state index contributed by atoms with van der Waals surface area (Å²) in [6.45, 7) is 2.93. The maximum atomic E-state index is 12.3. The number of rotatable bonds is 2. The highest BCUT2D eigenvalue weighted by Gasteiger charge is 2.41. The van der Waals surface area contributed by atoms with Gasteiger partial charge in [-0.2, -0.15) is 0 Å². The molecule has 0 bridgehead atoms. The van der Waals surface area contributed by atoms with E-state index in [4.69, 9.17) is 26.4 Å². The quantitative estimate of drug-likeness (QED) is 0.655. The molecule has 7 heteroatoms. The van der Waals surface area contributed by atoms with Gasteiger partial charge in [-0.25, -0.2) is 9.78 Å². The molecular weight excluding hydrogens is 340 g/mol. The number of nitrogens with two attached hydrogens (primary N) is 1. The molecule has 0 radical (unpaired) electrons. The summed E-state index contributed by atoms with van der Waals surface area (Å²) in [4.78, 5) is 18.9. The number of aromatic nitrogens is 1. The molecule has 1 aliphatic heterocycles. The molecule has 1 spiro atoms. The molecular formula is C18H18N2O4S. The Morgan fingerprint density at radius 3 is 2.96 bits per heavy atom. The van der Waals surface area contributed by atoms with Crippen LogP contribution in [-0.2, 0) is 27.1 Å². The van der Waals surface area contributed by atoms with Crippen molar-refractivity contribution in [3.05, 3.63) is 21.7 Å². The fourth-order valence-corrected chi connectivity index (χ4v) is 4.99. The minimum absolute atomic E-state index is 0.0886. The van der Waals surface area contributed by atoms with Crippen molar-refractivity contribution in [2.45, 2.75) is 32.0 Å². The second-order valence-corrected chi connectivity index (χ2v) is 7.32. The molecule has 0 atom stereocenters. The van der Waals surface area contributed by atoms with Crippen LogP contribution in [0.5, 0.6) is 0 Å². The molecule has 0 amide bonds. The highest BCUT2D eigenvalue weighted by Crippen LogP contribution is 2.44. The third-order valence-corrected chi connectivity index (χ3v) is 5.86. The lowest BCUT2D eigenvalue weighted by molar-refractivity contribution is -0.163. The molecule has 2 aliphatic rings. The number of hydrogen-bond acceptors (Lipinski definition) is 7. The number of nitrogens with zero attached hydrogens (tertiary/aromatic N) is 1. The van der Waals surface area contributed by atoms with Crippen LogP contribution in [0.1, 0.15) is 32.9 Å². The first kappa shape index (κ1) is 16.3. The van der Waals surface area contributed by atoms with Crippen LogP contribution >= 0.6 is 11.3 Å². The lowest BCUT2D eigenvalue weighted by atomic mass is 9.91. The summed E-state index contributed by atoms with van der Waals surface area (Å²) in [5.74, 6) is 1.25. The number of carbonyl (C=O) groups excluding carboxylic acids is 1. The fourth-order valence-electron chi connectivity index (χ4n) is 3.62. The van der Waals surface area contributed by atoms with E-state index in [9.17, 15) is 4.79 Å². The monoisotopic (exact) mass is 358 g/mol. The fraction of sp³-hybridized carbons (Fsp3) is 0.444. The van der Waals surface area contributed by atoms with E-state index in [0.29, 0.717) is 36.6 Å². The normalized spacial score (nSPS) is 18.2. The van der Waals surface area contributed by atoms with Crippen LogP contribution in [0.3, 0.4) is 0 Å². The average molecular weight is 358 g/mol. The zero-order valence-corrected chi connectivity index (χ0v) is 14.7. The molecule has 1 fully saturated rings. The van der Waals surface area contributed by atoms with E-state index in [1.54, 1.807) is 18.3 Å². The molecule has 0 saturated carbocycles. The molecule has 2 aromatic heterocycles. The number of thiophene rings is 1. The Labute approximate surface area is 149 Å². The van der Waals surface area contributed by atoms with Crippen LogP contribution in [0.2, 0.25) is 0 Å². The molecule has 25 heavy (non-hydrogen) atoms. The summed E-state index contributed by atoms with van der Waals surface area (Å²) < 4.78 is 16.7. The topological polar surface area (TPSA) is 83.7 Å². The highest BCUT2D eigenvalue weighted by atomic mass is 32.1. The second-order valence-electron chi connectivity index (χ2n) is 6.23. The summed E-state index contributed by atoms with van der Waals surface area (Å²) in [5, 5.41) is 0.853. The molecule has 1 saturated heterocycles. The Morgan fingerprint density at radius 1 is 1.48 bits per heavy atom. The Balaban J connectivity index is 1.80. The number of esters is 1. The first-order chi connectivity index (χ1) is 12.0. The van der Waals surface area contributed by atoms with Crippen LogP contribution in [-0.4, -0.2) is 36.6 Å². The van der Waals surface area contributed by atoms with Gasteiger partial charge in [0.2, 0.25) is 0 Å². The summed E-state index contributed by atoms with van der Waals surface area (Å²) in [6, 6.07) is 0. The van der Waals surface area contributed by atoms with Gasteiger partial charge in [-0.05, 0) is 18.9 Å². The number of pyridine rings is 1. The minimum atomic E-state index is -0.531. The van der Waals surface area contributed by atoms with E-state index >= 15 is 0 Å².